The average Bonchev–Trinajstić information content (AvgIpc) is 2.40. The van der Waals surface area contributed by atoms with Crippen molar-refractivity contribution in [1.82, 2.24) is 5.32 Å². The summed E-state index contributed by atoms with van der Waals surface area (Å²) < 4.78 is 0. The Labute approximate surface area is 92.4 Å². The van der Waals surface area contributed by atoms with Gasteiger partial charge in [0, 0.05) is 6.54 Å². The summed E-state index contributed by atoms with van der Waals surface area (Å²) in [7, 11) is 0. The molecule has 2 heteroatoms. The minimum atomic E-state index is -0.216. The first-order valence-electron chi connectivity index (χ1n) is 5.75. The first-order valence-corrected chi connectivity index (χ1v) is 5.75. The quantitative estimate of drug-likeness (QED) is 0.690. The fourth-order valence-electron chi connectivity index (χ4n) is 2.28. The van der Waals surface area contributed by atoms with Gasteiger partial charge in [-0.2, -0.15) is 0 Å². The summed E-state index contributed by atoms with van der Waals surface area (Å²) in [6, 6.07) is 0. The molecule has 1 atom stereocenters. The summed E-state index contributed by atoms with van der Waals surface area (Å²) in [5.41, 5.74) is -0.216. The minimum absolute atomic E-state index is 0.210. The number of rotatable bonds is 5. The van der Waals surface area contributed by atoms with Gasteiger partial charge in [0.25, 0.3) is 0 Å². The van der Waals surface area contributed by atoms with Crippen LogP contribution in [-0.2, 0) is 4.79 Å². The van der Waals surface area contributed by atoms with E-state index in [0.717, 1.165) is 45.1 Å². The second-order valence-electron chi connectivity index (χ2n) is 4.31. The zero-order valence-corrected chi connectivity index (χ0v) is 9.43. The first kappa shape index (κ1) is 12.0. The maximum atomic E-state index is 12.0. The van der Waals surface area contributed by atoms with Crippen molar-refractivity contribution < 1.29 is 4.79 Å². The predicted molar refractivity (Wildman–Crippen MR) is 63.5 cm³/mol. The Balaban J connectivity index is 2.77. The molecular weight excluding hydrogens is 186 g/mol. The van der Waals surface area contributed by atoms with Gasteiger partial charge in [0.2, 0.25) is 5.91 Å². The molecule has 2 nitrogen and oxygen atoms in total. The van der Waals surface area contributed by atoms with E-state index in [9.17, 15) is 4.79 Å². The van der Waals surface area contributed by atoms with Crippen molar-refractivity contribution in [3.63, 3.8) is 0 Å². The third kappa shape index (κ3) is 2.95. The number of amides is 1. The molecule has 0 aromatic heterocycles. The second-order valence-corrected chi connectivity index (χ2v) is 4.31. The van der Waals surface area contributed by atoms with Gasteiger partial charge in [-0.05, 0) is 32.1 Å². The average molecular weight is 207 g/mol. The van der Waals surface area contributed by atoms with Gasteiger partial charge < -0.3 is 5.32 Å². The third-order valence-electron chi connectivity index (χ3n) is 3.21. The second kappa shape index (κ2) is 5.74. The molecule has 0 radical (unpaired) electrons. The largest absolute Gasteiger partial charge is 0.356 e. The highest BCUT2D eigenvalue weighted by atomic mass is 16.2. The molecule has 1 fully saturated rings. The highest BCUT2D eigenvalue weighted by Crippen LogP contribution is 2.36. The zero-order chi connectivity index (χ0) is 11.1. The molecule has 0 aromatic carbocycles. The van der Waals surface area contributed by atoms with Gasteiger partial charge in [0.15, 0.2) is 0 Å². The van der Waals surface area contributed by atoms with Gasteiger partial charge in [-0.1, -0.05) is 18.6 Å². The van der Waals surface area contributed by atoms with Crippen LogP contribution < -0.4 is 5.32 Å². The van der Waals surface area contributed by atoms with E-state index in [1.165, 1.54) is 0 Å². The summed E-state index contributed by atoms with van der Waals surface area (Å²) >= 11 is 0. The van der Waals surface area contributed by atoms with Crippen LogP contribution in [0.1, 0.15) is 38.5 Å². The summed E-state index contributed by atoms with van der Waals surface area (Å²) in [4.78, 5) is 12.0. The van der Waals surface area contributed by atoms with Crippen LogP contribution in [0.2, 0.25) is 0 Å². The van der Waals surface area contributed by atoms with E-state index in [0.29, 0.717) is 0 Å². The Morgan fingerprint density at radius 2 is 2.13 bits per heavy atom. The molecule has 15 heavy (non-hydrogen) atoms. The number of hydrogen-bond acceptors (Lipinski definition) is 1. The maximum absolute atomic E-state index is 12.0. The molecule has 1 rings (SSSR count). The van der Waals surface area contributed by atoms with Crippen LogP contribution in [0.3, 0.4) is 0 Å². The fraction of sp³-hybridized carbons (Fsp3) is 0.615. The molecule has 1 N–H and O–H groups in total. The van der Waals surface area contributed by atoms with E-state index >= 15 is 0 Å². The van der Waals surface area contributed by atoms with E-state index in [-0.39, 0.29) is 11.3 Å². The van der Waals surface area contributed by atoms with E-state index in [2.05, 4.69) is 18.5 Å². The number of allylic oxidation sites excluding steroid dienone is 2. The Morgan fingerprint density at radius 1 is 1.33 bits per heavy atom. The molecule has 0 bridgehead atoms. The lowest BCUT2D eigenvalue weighted by molar-refractivity contribution is -0.131. The van der Waals surface area contributed by atoms with Gasteiger partial charge in [-0.15, -0.1) is 13.2 Å². The van der Waals surface area contributed by atoms with Crippen LogP contribution in [0.5, 0.6) is 0 Å². The molecule has 0 saturated carbocycles. The van der Waals surface area contributed by atoms with Gasteiger partial charge in [-0.3, -0.25) is 4.79 Å². The van der Waals surface area contributed by atoms with Crippen molar-refractivity contribution in [1.29, 1.82) is 0 Å². The van der Waals surface area contributed by atoms with Crippen LogP contribution in [0.15, 0.2) is 25.3 Å². The normalized spacial score (nSPS) is 26.5. The Hall–Kier alpha value is -1.05. The number of hydrogen-bond donors (Lipinski definition) is 1. The summed E-state index contributed by atoms with van der Waals surface area (Å²) in [5.74, 6) is 0.210. The molecule has 1 amide bonds. The monoisotopic (exact) mass is 207 g/mol. The lowest BCUT2D eigenvalue weighted by Gasteiger charge is -2.29. The lowest BCUT2D eigenvalue weighted by Crippen LogP contribution is -2.39. The third-order valence-corrected chi connectivity index (χ3v) is 3.21. The molecule has 0 spiro atoms. The lowest BCUT2D eigenvalue weighted by atomic mass is 9.75. The first-order chi connectivity index (χ1) is 7.25. The van der Waals surface area contributed by atoms with Gasteiger partial charge in [0.1, 0.15) is 0 Å². The van der Waals surface area contributed by atoms with Crippen molar-refractivity contribution >= 4 is 5.91 Å². The molecule has 1 aliphatic heterocycles. The predicted octanol–water partition coefficient (Wildman–Crippen LogP) is 2.82. The number of carbonyl (C=O) groups is 1. The molecule has 0 aliphatic carbocycles. The Bertz CT molecular complexity index is 247. The molecule has 1 heterocycles. The molecular formula is C13H21NO. The highest BCUT2D eigenvalue weighted by molar-refractivity contribution is 5.83. The van der Waals surface area contributed by atoms with Crippen molar-refractivity contribution in [2.45, 2.75) is 38.5 Å². The van der Waals surface area contributed by atoms with Crippen LogP contribution in [0, 0.1) is 5.41 Å². The van der Waals surface area contributed by atoms with Crippen LogP contribution in [-0.4, -0.2) is 12.5 Å². The van der Waals surface area contributed by atoms with Crippen molar-refractivity contribution in [2.75, 3.05) is 6.54 Å². The van der Waals surface area contributed by atoms with E-state index in [4.69, 9.17) is 0 Å². The van der Waals surface area contributed by atoms with E-state index in [1.807, 2.05) is 12.2 Å². The minimum Gasteiger partial charge on any atom is -0.356 e. The Kier molecular flexibility index (Phi) is 4.60. The fourth-order valence-corrected chi connectivity index (χ4v) is 2.28. The van der Waals surface area contributed by atoms with Crippen LogP contribution in [0.25, 0.3) is 0 Å². The zero-order valence-electron chi connectivity index (χ0n) is 9.43. The van der Waals surface area contributed by atoms with E-state index < -0.39 is 0 Å². The molecule has 1 unspecified atom stereocenters. The summed E-state index contributed by atoms with van der Waals surface area (Å²) in [5, 5.41) is 3.01. The number of nitrogens with one attached hydrogen (secondary N) is 1. The summed E-state index contributed by atoms with van der Waals surface area (Å²) in [6.07, 6.45) is 9.56. The van der Waals surface area contributed by atoms with Crippen molar-refractivity contribution in [3.05, 3.63) is 25.3 Å². The highest BCUT2D eigenvalue weighted by Gasteiger charge is 2.36. The topological polar surface area (TPSA) is 29.1 Å². The SMILES string of the molecule is C=CCCC1(CC=C)CCCCNC1=O. The standard InChI is InChI=1S/C13H21NO/c1-3-5-9-13(8-4-2)10-6-7-11-14-12(13)15/h3-4H,1-2,5-11H2,(H,14,15). The van der Waals surface area contributed by atoms with Gasteiger partial charge >= 0.3 is 0 Å². The van der Waals surface area contributed by atoms with E-state index in [1.54, 1.807) is 0 Å². The summed E-state index contributed by atoms with van der Waals surface area (Å²) in [6.45, 7) is 8.32. The Morgan fingerprint density at radius 3 is 2.80 bits per heavy atom. The van der Waals surface area contributed by atoms with Crippen molar-refractivity contribution in [3.8, 4) is 0 Å². The molecule has 1 saturated heterocycles. The van der Waals surface area contributed by atoms with Gasteiger partial charge in [-0.25, -0.2) is 0 Å². The molecule has 0 aromatic rings. The van der Waals surface area contributed by atoms with Crippen LogP contribution in [0.4, 0.5) is 0 Å². The number of carbonyl (C=O) groups excluding carboxylic acids is 1. The van der Waals surface area contributed by atoms with Crippen LogP contribution >= 0.6 is 0 Å². The van der Waals surface area contributed by atoms with Crippen molar-refractivity contribution in [2.24, 2.45) is 5.41 Å². The molecule has 84 valence electrons. The van der Waals surface area contributed by atoms with Gasteiger partial charge in [0.05, 0.1) is 5.41 Å². The molecule has 1 aliphatic rings. The smallest absolute Gasteiger partial charge is 0.226 e. The maximum Gasteiger partial charge on any atom is 0.226 e.